The SMILES string of the molecule is CCOC(=O)c1ccc(N(CC)S(=O)(=O)c2ccc(OCC)cc2)c(C)c1. The number of ether oxygens (including phenoxy) is 2. The van der Waals surface area contributed by atoms with Gasteiger partial charge in [0.2, 0.25) is 0 Å². The number of aryl methyl sites for hydroxylation is 1. The van der Waals surface area contributed by atoms with E-state index in [0.717, 1.165) is 0 Å². The van der Waals surface area contributed by atoms with E-state index in [9.17, 15) is 13.2 Å². The van der Waals surface area contributed by atoms with Crippen LogP contribution in [0.2, 0.25) is 0 Å². The van der Waals surface area contributed by atoms with Gasteiger partial charge < -0.3 is 9.47 Å². The average Bonchev–Trinajstić information content (AvgIpc) is 2.64. The Bertz CT molecular complexity index is 891. The zero-order chi connectivity index (χ0) is 20.0. The van der Waals surface area contributed by atoms with E-state index in [1.165, 1.54) is 16.4 Å². The first-order valence-electron chi connectivity index (χ1n) is 8.88. The van der Waals surface area contributed by atoms with Crippen molar-refractivity contribution in [3.8, 4) is 5.75 Å². The standard InChI is InChI=1S/C20H25NO5S/c1-5-21(19-13-8-16(14-15(19)4)20(22)26-7-3)27(23,24)18-11-9-17(10-12-18)25-6-2/h8-14H,5-7H2,1-4H3. The van der Waals surface area contributed by atoms with Gasteiger partial charge in [0.1, 0.15) is 5.75 Å². The van der Waals surface area contributed by atoms with Crippen molar-refractivity contribution in [1.29, 1.82) is 0 Å². The fourth-order valence-electron chi connectivity index (χ4n) is 2.75. The van der Waals surface area contributed by atoms with E-state index in [0.29, 0.717) is 29.2 Å². The average molecular weight is 391 g/mol. The number of carbonyl (C=O) groups is 1. The number of sulfonamides is 1. The second kappa shape index (κ2) is 8.90. The molecular formula is C20H25NO5S. The van der Waals surface area contributed by atoms with Crippen molar-refractivity contribution in [1.82, 2.24) is 0 Å². The quantitative estimate of drug-likeness (QED) is 0.640. The fourth-order valence-corrected chi connectivity index (χ4v) is 4.29. The van der Waals surface area contributed by atoms with E-state index < -0.39 is 16.0 Å². The molecule has 0 aromatic heterocycles. The molecule has 0 unspecified atom stereocenters. The molecule has 7 heteroatoms. The number of hydrogen-bond acceptors (Lipinski definition) is 5. The van der Waals surface area contributed by atoms with Crippen molar-refractivity contribution < 1.29 is 22.7 Å². The van der Waals surface area contributed by atoms with Crippen LogP contribution in [-0.2, 0) is 14.8 Å². The molecule has 0 heterocycles. The summed E-state index contributed by atoms with van der Waals surface area (Å²) in [5, 5.41) is 0. The van der Waals surface area contributed by atoms with E-state index in [1.54, 1.807) is 51.1 Å². The van der Waals surface area contributed by atoms with Crippen molar-refractivity contribution in [2.45, 2.75) is 32.6 Å². The summed E-state index contributed by atoms with van der Waals surface area (Å²) >= 11 is 0. The Morgan fingerprint density at radius 1 is 1.00 bits per heavy atom. The molecule has 0 saturated carbocycles. The number of anilines is 1. The first-order chi connectivity index (χ1) is 12.8. The first-order valence-corrected chi connectivity index (χ1v) is 10.3. The van der Waals surface area contributed by atoms with Gasteiger partial charge in [0.05, 0.1) is 29.4 Å². The number of carbonyl (C=O) groups excluding carboxylic acids is 1. The smallest absolute Gasteiger partial charge is 0.338 e. The lowest BCUT2D eigenvalue weighted by Gasteiger charge is -2.25. The fraction of sp³-hybridized carbons (Fsp3) is 0.350. The van der Waals surface area contributed by atoms with Gasteiger partial charge in [-0.3, -0.25) is 4.31 Å². The van der Waals surface area contributed by atoms with Crippen LogP contribution < -0.4 is 9.04 Å². The Hall–Kier alpha value is -2.54. The highest BCUT2D eigenvalue weighted by Crippen LogP contribution is 2.28. The van der Waals surface area contributed by atoms with Crippen LogP contribution in [0.5, 0.6) is 5.75 Å². The second-order valence-electron chi connectivity index (χ2n) is 5.80. The third kappa shape index (κ3) is 4.60. The molecule has 0 saturated heterocycles. The van der Waals surface area contributed by atoms with Gasteiger partial charge in [-0.05, 0) is 75.7 Å². The lowest BCUT2D eigenvalue weighted by molar-refractivity contribution is 0.0526. The Labute approximate surface area is 160 Å². The highest BCUT2D eigenvalue weighted by atomic mass is 32.2. The molecule has 0 aliphatic rings. The predicted molar refractivity (Wildman–Crippen MR) is 105 cm³/mol. The van der Waals surface area contributed by atoms with Crippen LogP contribution in [0.1, 0.15) is 36.7 Å². The minimum Gasteiger partial charge on any atom is -0.494 e. The Morgan fingerprint density at radius 2 is 1.67 bits per heavy atom. The van der Waals surface area contributed by atoms with Crippen LogP contribution in [0, 0.1) is 6.92 Å². The zero-order valence-corrected chi connectivity index (χ0v) is 16.9. The Kier molecular flexibility index (Phi) is 6.85. The molecule has 0 N–H and O–H groups in total. The summed E-state index contributed by atoms with van der Waals surface area (Å²) in [6.45, 7) is 8.20. The molecule has 0 aliphatic carbocycles. The Balaban J connectivity index is 2.38. The van der Waals surface area contributed by atoms with Gasteiger partial charge in [0.25, 0.3) is 10.0 Å². The number of hydrogen-bond donors (Lipinski definition) is 0. The summed E-state index contributed by atoms with van der Waals surface area (Å²) in [7, 11) is -3.74. The van der Waals surface area contributed by atoms with Crippen molar-refractivity contribution in [3.05, 3.63) is 53.6 Å². The van der Waals surface area contributed by atoms with Crippen LogP contribution in [0.3, 0.4) is 0 Å². The van der Waals surface area contributed by atoms with Gasteiger partial charge in [0, 0.05) is 6.54 Å². The van der Waals surface area contributed by atoms with Crippen molar-refractivity contribution >= 4 is 21.7 Å². The van der Waals surface area contributed by atoms with Crippen molar-refractivity contribution in [2.24, 2.45) is 0 Å². The highest BCUT2D eigenvalue weighted by Gasteiger charge is 2.25. The maximum atomic E-state index is 13.1. The molecule has 146 valence electrons. The van der Waals surface area contributed by atoms with Crippen molar-refractivity contribution in [3.63, 3.8) is 0 Å². The zero-order valence-electron chi connectivity index (χ0n) is 16.1. The van der Waals surface area contributed by atoms with E-state index in [1.807, 2.05) is 6.92 Å². The summed E-state index contributed by atoms with van der Waals surface area (Å²) in [6, 6.07) is 11.2. The van der Waals surface area contributed by atoms with E-state index in [2.05, 4.69) is 0 Å². The number of esters is 1. The third-order valence-corrected chi connectivity index (χ3v) is 5.89. The molecule has 2 aromatic carbocycles. The summed E-state index contributed by atoms with van der Waals surface area (Å²) in [5.41, 5.74) is 1.60. The van der Waals surface area contributed by atoms with Crippen LogP contribution in [0.15, 0.2) is 47.4 Å². The topological polar surface area (TPSA) is 72.9 Å². The maximum absolute atomic E-state index is 13.1. The molecule has 2 aromatic rings. The largest absolute Gasteiger partial charge is 0.494 e. The van der Waals surface area contributed by atoms with E-state index in [-0.39, 0.29) is 18.0 Å². The van der Waals surface area contributed by atoms with Crippen LogP contribution in [-0.4, -0.2) is 34.1 Å². The van der Waals surface area contributed by atoms with E-state index in [4.69, 9.17) is 9.47 Å². The van der Waals surface area contributed by atoms with Gasteiger partial charge in [-0.2, -0.15) is 0 Å². The van der Waals surface area contributed by atoms with Gasteiger partial charge >= 0.3 is 5.97 Å². The third-order valence-electron chi connectivity index (χ3n) is 3.99. The summed E-state index contributed by atoms with van der Waals surface area (Å²) in [6.07, 6.45) is 0. The minimum absolute atomic E-state index is 0.182. The molecule has 0 radical (unpaired) electrons. The molecule has 2 rings (SSSR count). The predicted octanol–water partition coefficient (Wildman–Crippen LogP) is 3.79. The molecule has 0 atom stereocenters. The maximum Gasteiger partial charge on any atom is 0.338 e. The minimum atomic E-state index is -3.74. The monoisotopic (exact) mass is 391 g/mol. The molecule has 27 heavy (non-hydrogen) atoms. The lowest BCUT2D eigenvalue weighted by Crippen LogP contribution is -2.31. The van der Waals surface area contributed by atoms with Crippen LogP contribution in [0.25, 0.3) is 0 Å². The van der Waals surface area contributed by atoms with Gasteiger partial charge in [0.15, 0.2) is 0 Å². The normalized spacial score (nSPS) is 11.1. The lowest BCUT2D eigenvalue weighted by atomic mass is 10.1. The number of benzene rings is 2. The van der Waals surface area contributed by atoms with Crippen LogP contribution >= 0.6 is 0 Å². The van der Waals surface area contributed by atoms with Gasteiger partial charge in [-0.15, -0.1) is 0 Å². The Morgan fingerprint density at radius 3 is 2.19 bits per heavy atom. The first kappa shape index (κ1) is 20.8. The molecule has 0 bridgehead atoms. The summed E-state index contributed by atoms with van der Waals surface area (Å²) in [4.78, 5) is 12.1. The molecule has 0 aliphatic heterocycles. The van der Waals surface area contributed by atoms with E-state index >= 15 is 0 Å². The number of rotatable bonds is 8. The number of nitrogens with zero attached hydrogens (tertiary/aromatic N) is 1. The summed E-state index contributed by atoms with van der Waals surface area (Å²) in [5.74, 6) is 0.194. The molecule has 0 fully saturated rings. The molecular weight excluding hydrogens is 366 g/mol. The molecule has 0 spiro atoms. The van der Waals surface area contributed by atoms with Gasteiger partial charge in [-0.1, -0.05) is 0 Å². The van der Waals surface area contributed by atoms with Gasteiger partial charge in [-0.25, -0.2) is 13.2 Å². The van der Waals surface area contributed by atoms with Crippen LogP contribution in [0.4, 0.5) is 5.69 Å². The summed E-state index contributed by atoms with van der Waals surface area (Å²) < 4.78 is 37.9. The highest BCUT2D eigenvalue weighted by molar-refractivity contribution is 7.92. The van der Waals surface area contributed by atoms with Crippen molar-refractivity contribution in [2.75, 3.05) is 24.1 Å². The second-order valence-corrected chi connectivity index (χ2v) is 7.66. The molecule has 6 nitrogen and oxygen atoms in total. The molecule has 0 amide bonds.